The molecule has 5 nitrogen and oxygen atoms in total. The van der Waals surface area contributed by atoms with E-state index in [9.17, 15) is 9.59 Å². The summed E-state index contributed by atoms with van der Waals surface area (Å²) in [6.45, 7) is 0.322. The standard InChI is InChI=1S/C16H13BrN2O3/c1-22-16(21)14-13-12(3-2-8-18-13)15(20)19(14)9-10-4-6-11(17)7-5-10/h2-8,14H,9H2,1H3/t14-/m1/s1. The Kier molecular flexibility index (Phi) is 3.94. The number of carbonyl (C=O) groups excluding carboxylic acids is 2. The smallest absolute Gasteiger partial charge is 0.334 e. The van der Waals surface area contributed by atoms with E-state index in [4.69, 9.17) is 4.74 Å². The van der Waals surface area contributed by atoms with E-state index in [0.717, 1.165) is 10.0 Å². The van der Waals surface area contributed by atoms with Gasteiger partial charge >= 0.3 is 5.97 Å². The van der Waals surface area contributed by atoms with Gasteiger partial charge in [-0.25, -0.2) is 4.79 Å². The van der Waals surface area contributed by atoms with Crippen LogP contribution in [-0.2, 0) is 16.1 Å². The average molecular weight is 361 g/mol. The van der Waals surface area contributed by atoms with Crippen molar-refractivity contribution in [3.8, 4) is 0 Å². The van der Waals surface area contributed by atoms with Gasteiger partial charge in [-0.1, -0.05) is 28.1 Å². The lowest BCUT2D eigenvalue weighted by atomic mass is 10.1. The topological polar surface area (TPSA) is 59.5 Å². The number of aromatic nitrogens is 1. The number of hydrogen-bond donors (Lipinski definition) is 0. The van der Waals surface area contributed by atoms with Gasteiger partial charge in [-0.15, -0.1) is 0 Å². The maximum Gasteiger partial charge on any atom is 0.334 e. The van der Waals surface area contributed by atoms with Crippen LogP contribution in [0.1, 0.15) is 27.7 Å². The number of halogens is 1. The maximum absolute atomic E-state index is 12.6. The first kappa shape index (κ1) is 14.7. The van der Waals surface area contributed by atoms with Crippen LogP contribution in [0, 0.1) is 0 Å². The Balaban J connectivity index is 1.97. The number of hydrogen-bond acceptors (Lipinski definition) is 4. The molecule has 22 heavy (non-hydrogen) atoms. The summed E-state index contributed by atoms with van der Waals surface area (Å²) in [6, 6.07) is 10.2. The molecule has 1 aliphatic rings. The fourth-order valence-electron chi connectivity index (χ4n) is 2.54. The van der Waals surface area contributed by atoms with Crippen LogP contribution in [0.4, 0.5) is 0 Å². The van der Waals surface area contributed by atoms with Gasteiger partial charge in [-0.05, 0) is 29.8 Å². The summed E-state index contributed by atoms with van der Waals surface area (Å²) in [7, 11) is 1.31. The summed E-state index contributed by atoms with van der Waals surface area (Å²) in [6.07, 6.45) is 1.57. The SMILES string of the molecule is COC(=O)[C@H]1c2ncccc2C(=O)N1Cc1ccc(Br)cc1. The Hall–Kier alpha value is -2.21. The number of rotatable bonds is 3. The highest BCUT2D eigenvalue weighted by atomic mass is 79.9. The molecule has 3 rings (SSSR count). The first-order valence-electron chi connectivity index (χ1n) is 6.70. The first-order valence-corrected chi connectivity index (χ1v) is 7.49. The molecule has 0 spiro atoms. The predicted octanol–water partition coefficient (Wildman–Crippen LogP) is 2.71. The molecule has 1 atom stereocenters. The monoisotopic (exact) mass is 360 g/mol. The molecule has 112 valence electrons. The van der Waals surface area contributed by atoms with Gasteiger partial charge in [-0.2, -0.15) is 0 Å². The molecule has 1 amide bonds. The zero-order chi connectivity index (χ0) is 15.7. The highest BCUT2D eigenvalue weighted by Gasteiger charge is 2.42. The Morgan fingerprint density at radius 2 is 2.05 bits per heavy atom. The molecule has 0 radical (unpaired) electrons. The maximum atomic E-state index is 12.6. The van der Waals surface area contributed by atoms with Crippen LogP contribution in [0.5, 0.6) is 0 Å². The molecule has 0 fully saturated rings. The fourth-order valence-corrected chi connectivity index (χ4v) is 2.80. The summed E-state index contributed by atoms with van der Waals surface area (Å²) in [5, 5.41) is 0. The number of carbonyl (C=O) groups is 2. The number of methoxy groups -OCH3 is 1. The Morgan fingerprint density at radius 1 is 1.32 bits per heavy atom. The normalized spacial score (nSPS) is 16.5. The van der Waals surface area contributed by atoms with E-state index in [-0.39, 0.29) is 5.91 Å². The van der Waals surface area contributed by atoms with Crippen LogP contribution in [0.25, 0.3) is 0 Å². The third-order valence-corrected chi connectivity index (χ3v) is 4.12. The Labute approximate surface area is 136 Å². The van der Waals surface area contributed by atoms with Crippen molar-refractivity contribution in [2.24, 2.45) is 0 Å². The molecular formula is C16H13BrN2O3. The van der Waals surface area contributed by atoms with Gasteiger partial charge in [0, 0.05) is 17.2 Å². The van der Waals surface area contributed by atoms with Gasteiger partial charge in [0.1, 0.15) is 0 Å². The van der Waals surface area contributed by atoms with Gasteiger partial charge in [0.15, 0.2) is 6.04 Å². The summed E-state index contributed by atoms with van der Waals surface area (Å²) in [5.41, 5.74) is 1.84. The summed E-state index contributed by atoms with van der Waals surface area (Å²) in [5.74, 6) is -0.690. The third-order valence-electron chi connectivity index (χ3n) is 3.59. The molecule has 1 aliphatic heterocycles. The van der Waals surface area contributed by atoms with E-state index in [0.29, 0.717) is 17.8 Å². The van der Waals surface area contributed by atoms with Crippen LogP contribution < -0.4 is 0 Å². The minimum Gasteiger partial charge on any atom is -0.467 e. The predicted molar refractivity (Wildman–Crippen MR) is 83.0 cm³/mol. The van der Waals surface area contributed by atoms with Crippen molar-refractivity contribution in [1.29, 1.82) is 0 Å². The molecule has 2 aromatic rings. The minimum atomic E-state index is -0.794. The highest BCUT2D eigenvalue weighted by molar-refractivity contribution is 9.10. The van der Waals surface area contributed by atoms with Crippen molar-refractivity contribution in [2.45, 2.75) is 12.6 Å². The van der Waals surface area contributed by atoms with E-state index in [1.165, 1.54) is 12.0 Å². The quantitative estimate of drug-likeness (QED) is 0.789. The number of ether oxygens (including phenoxy) is 1. The Morgan fingerprint density at radius 3 is 2.73 bits per heavy atom. The zero-order valence-corrected chi connectivity index (χ0v) is 13.4. The van der Waals surface area contributed by atoms with E-state index in [1.807, 2.05) is 24.3 Å². The zero-order valence-electron chi connectivity index (χ0n) is 11.8. The lowest BCUT2D eigenvalue weighted by Crippen LogP contribution is -2.33. The number of amides is 1. The first-order chi connectivity index (χ1) is 10.6. The number of fused-ring (bicyclic) bond motifs is 1. The van der Waals surface area contributed by atoms with E-state index in [2.05, 4.69) is 20.9 Å². The van der Waals surface area contributed by atoms with Crippen molar-refractivity contribution >= 4 is 27.8 Å². The molecule has 0 unspecified atom stereocenters. The molecule has 2 heterocycles. The molecule has 6 heteroatoms. The molecule has 0 N–H and O–H groups in total. The number of nitrogens with zero attached hydrogens (tertiary/aromatic N) is 2. The van der Waals surface area contributed by atoms with E-state index in [1.54, 1.807) is 18.3 Å². The average Bonchev–Trinajstić information content (AvgIpc) is 2.82. The lowest BCUT2D eigenvalue weighted by Gasteiger charge is -2.22. The highest BCUT2D eigenvalue weighted by Crippen LogP contribution is 2.34. The molecular weight excluding hydrogens is 348 g/mol. The fraction of sp³-hybridized carbons (Fsp3) is 0.188. The molecule has 0 saturated carbocycles. The molecule has 0 saturated heterocycles. The van der Waals surface area contributed by atoms with Gasteiger partial charge in [0.05, 0.1) is 18.4 Å². The third kappa shape index (κ3) is 2.50. The van der Waals surface area contributed by atoms with Crippen LogP contribution in [0.2, 0.25) is 0 Å². The van der Waals surface area contributed by atoms with Crippen LogP contribution in [-0.4, -0.2) is 28.9 Å². The molecule has 0 aliphatic carbocycles. The number of pyridine rings is 1. The second kappa shape index (κ2) is 5.88. The summed E-state index contributed by atoms with van der Waals surface area (Å²) < 4.78 is 5.80. The summed E-state index contributed by atoms with van der Waals surface area (Å²) >= 11 is 3.37. The van der Waals surface area contributed by atoms with Crippen molar-refractivity contribution in [1.82, 2.24) is 9.88 Å². The van der Waals surface area contributed by atoms with Gasteiger partial charge in [0.2, 0.25) is 0 Å². The van der Waals surface area contributed by atoms with Gasteiger partial charge in [0.25, 0.3) is 5.91 Å². The van der Waals surface area contributed by atoms with Crippen molar-refractivity contribution in [2.75, 3.05) is 7.11 Å². The van der Waals surface area contributed by atoms with Crippen LogP contribution in [0.3, 0.4) is 0 Å². The lowest BCUT2D eigenvalue weighted by molar-refractivity contribution is -0.146. The number of esters is 1. The second-order valence-corrected chi connectivity index (χ2v) is 5.84. The molecule has 1 aromatic carbocycles. The minimum absolute atomic E-state index is 0.207. The van der Waals surface area contributed by atoms with E-state index >= 15 is 0 Å². The van der Waals surface area contributed by atoms with Crippen molar-refractivity contribution in [3.05, 3.63) is 63.9 Å². The van der Waals surface area contributed by atoms with E-state index < -0.39 is 12.0 Å². The van der Waals surface area contributed by atoms with Crippen LogP contribution in [0.15, 0.2) is 47.1 Å². The van der Waals surface area contributed by atoms with Gasteiger partial charge in [-0.3, -0.25) is 9.78 Å². The second-order valence-electron chi connectivity index (χ2n) is 4.92. The number of benzene rings is 1. The largest absolute Gasteiger partial charge is 0.467 e. The van der Waals surface area contributed by atoms with Gasteiger partial charge < -0.3 is 9.64 Å². The van der Waals surface area contributed by atoms with Crippen LogP contribution >= 0.6 is 15.9 Å². The molecule has 0 bridgehead atoms. The van der Waals surface area contributed by atoms with Crippen molar-refractivity contribution < 1.29 is 14.3 Å². The van der Waals surface area contributed by atoms with Crippen molar-refractivity contribution in [3.63, 3.8) is 0 Å². The molecule has 1 aromatic heterocycles. The summed E-state index contributed by atoms with van der Waals surface area (Å²) in [4.78, 5) is 30.4. The Bertz CT molecular complexity index is 730.